The van der Waals surface area contributed by atoms with E-state index in [0.29, 0.717) is 6.61 Å². The summed E-state index contributed by atoms with van der Waals surface area (Å²) in [7, 11) is 0. The molecule has 0 heterocycles. The Morgan fingerprint density at radius 1 is 1.23 bits per heavy atom. The Bertz CT molecular complexity index is 328. The Morgan fingerprint density at radius 3 is 2.38 bits per heavy atom. The van der Waals surface area contributed by atoms with Gasteiger partial charge in [-0.2, -0.15) is 0 Å². The third-order valence-electron chi connectivity index (χ3n) is 1.36. The molecule has 0 spiro atoms. The predicted molar refractivity (Wildman–Crippen MR) is 52.9 cm³/mol. The second kappa shape index (κ2) is 4.37. The SMILES string of the molecule is CCOc1c(F)cc(F)c(Br)c1Br. The van der Waals surface area contributed by atoms with E-state index in [9.17, 15) is 8.78 Å². The molecule has 5 heteroatoms. The molecule has 0 aliphatic carbocycles. The van der Waals surface area contributed by atoms with Crippen LogP contribution in [-0.2, 0) is 0 Å². The van der Waals surface area contributed by atoms with Crippen molar-refractivity contribution in [2.24, 2.45) is 0 Å². The van der Waals surface area contributed by atoms with Crippen LogP contribution in [0.3, 0.4) is 0 Å². The highest BCUT2D eigenvalue weighted by molar-refractivity contribution is 9.13. The Morgan fingerprint density at radius 2 is 1.85 bits per heavy atom. The summed E-state index contributed by atoms with van der Waals surface area (Å²) in [6.07, 6.45) is 0. The molecular weight excluding hydrogens is 310 g/mol. The summed E-state index contributed by atoms with van der Waals surface area (Å²) in [6, 6.07) is 0.778. The summed E-state index contributed by atoms with van der Waals surface area (Å²) in [4.78, 5) is 0. The minimum Gasteiger partial charge on any atom is -0.490 e. The Balaban J connectivity index is 3.26. The van der Waals surface area contributed by atoms with Crippen LogP contribution in [-0.4, -0.2) is 6.61 Å². The Labute approximate surface area is 91.3 Å². The molecule has 0 radical (unpaired) electrons. The molecule has 0 N–H and O–H groups in total. The van der Waals surface area contributed by atoms with Gasteiger partial charge in [-0.1, -0.05) is 0 Å². The van der Waals surface area contributed by atoms with Crippen LogP contribution in [0.4, 0.5) is 8.78 Å². The third kappa shape index (κ3) is 2.20. The van der Waals surface area contributed by atoms with E-state index in [4.69, 9.17) is 4.74 Å². The van der Waals surface area contributed by atoms with Crippen LogP contribution in [0.1, 0.15) is 6.92 Å². The van der Waals surface area contributed by atoms with Gasteiger partial charge in [0.15, 0.2) is 11.6 Å². The molecule has 0 aromatic heterocycles. The number of hydrogen-bond acceptors (Lipinski definition) is 1. The van der Waals surface area contributed by atoms with Crippen molar-refractivity contribution in [1.29, 1.82) is 0 Å². The molecule has 0 atom stereocenters. The zero-order chi connectivity index (χ0) is 10.0. The van der Waals surface area contributed by atoms with E-state index in [2.05, 4.69) is 31.9 Å². The molecule has 0 aliphatic rings. The highest BCUT2D eigenvalue weighted by Crippen LogP contribution is 2.36. The quantitative estimate of drug-likeness (QED) is 0.594. The van der Waals surface area contributed by atoms with Crippen LogP contribution >= 0.6 is 31.9 Å². The van der Waals surface area contributed by atoms with Crippen molar-refractivity contribution in [1.82, 2.24) is 0 Å². The molecule has 0 amide bonds. The summed E-state index contributed by atoms with van der Waals surface area (Å²) in [5.41, 5.74) is 0. The normalized spacial score (nSPS) is 10.2. The summed E-state index contributed by atoms with van der Waals surface area (Å²) < 4.78 is 31.4. The zero-order valence-electron chi connectivity index (χ0n) is 6.70. The van der Waals surface area contributed by atoms with Crippen LogP contribution in [0.25, 0.3) is 0 Å². The summed E-state index contributed by atoms with van der Waals surface area (Å²) >= 11 is 6.00. The Kier molecular flexibility index (Phi) is 3.67. The first-order chi connectivity index (χ1) is 6.07. The zero-order valence-corrected chi connectivity index (χ0v) is 9.88. The van der Waals surface area contributed by atoms with E-state index < -0.39 is 11.6 Å². The minimum absolute atomic E-state index is 0.0239. The molecule has 72 valence electrons. The lowest BCUT2D eigenvalue weighted by atomic mass is 10.3. The molecule has 1 nitrogen and oxygen atoms in total. The fourth-order valence-corrected chi connectivity index (χ4v) is 1.61. The number of benzene rings is 1. The van der Waals surface area contributed by atoms with E-state index in [1.165, 1.54) is 0 Å². The first-order valence-electron chi connectivity index (χ1n) is 3.53. The van der Waals surface area contributed by atoms with Gasteiger partial charge in [0.1, 0.15) is 5.82 Å². The van der Waals surface area contributed by atoms with E-state index in [1.807, 2.05) is 0 Å². The predicted octanol–water partition coefficient (Wildman–Crippen LogP) is 3.89. The maximum absolute atomic E-state index is 13.1. The van der Waals surface area contributed by atoms with Crippen LogP contribution in [0, 0.1) is 11.6 Å². The monoisotopic (exact) mass is 314 g/mol. The topological polar surface area (TPSA) is 9.23 Å². The smallest absolute Gasteiger partial charge is 0.170 e. The lowest BCUT2D eigenvalue weighted by Gasteiger charge is -2.08. The summed E-state index contributed by atoms with van der Waals surface area (Å²) in [6.45, 7) is 2.05. The molecular formula is C8H6Br2F2O. The first-order valence-corrected chi connectivity index (χ1v) is 5.12. The highest BCUT2D eigenvalue weighted by Gasteiger charge is 2.15. The third-order valence-corrected chi connectivity index (χ3v) is 3.42. The van der Waals surface area contributed by atoms with Crippen LogP contribution in [0.2, 0.25) is 0 Å². The first kappa shape index (κ1) is 10.9. The molecule has 0 saturated heterocycles. The van der Waals surface area contributed by atoms with Crippen molar-refractivity contribution >= 4 is 31.9 Å². The number of rotatable bonds is 2. The van der Waals surface area contributed by atoms with Gasteiger partial charge in [0.2, 0.25) is 0 Å². The van der Waals surface area contributed by atoms with Gasteiger partial charge in [-0.15, -0.1) is 0 Å². The van der Waals surface area contributed by atoms with Crippen LogP contribution < -0.4 is 4.74 Å². The van der Waals surface area contributed by atoms with Gasteiger partial charge < -0.3 is 4.74 Å². The van der Waals surface area contributed by atoms with Crippen molar-refractivity contribution < 1.29 is 13.5 Å². The van der Waals surface area contributed by atoms with Gasteiger partial charge in [-0.25, -0.2) is 8.78 Å². The van der Waals surface area contributed by atoms with E-state index in [-0.39, 0.29) is 14.7 Å². The largest absolute Gasteiger partial charge is 0.490 e. The van der Waals surface area contributed by atoms with Crippen LogP contribution in [0.15, 0.2) is 15.0 Å². The maximum Gasteiger partial charge on any atom is 0.170 e. The van der Waals surface area contributed by atoms with Crippen molar-refractivity contribution in [2.45, 2.75) is 6.92 Å². The van der Waals surface area contributed by atoms with Crippen LogP contribution in [0.5, 0.6) is 5.75 Å². The Hall–Kier alpha value is -0.160. The molecule has 1 rings (SSSR count). The standard InChI is InChI=1S/C8H6Br2F2O/c1-2-13-8-5(12)3-4(11)6(9)7(8)10/h3H,2H2,1H3. The molecule has 0 aliphatic heterocycles. The number of hydrogen-bond donors (Lipinski definition) is 0. The van der Waals surface area contributed by atoms with E-state index in [0.717, 1.165) is 6.07 Å². The van der Waals surface area contributed by atoms with Crippen molar-refractivity contribution in [2.75, 3.05) is 6.61 Å². The van der Waals surface area contributed by atoms with Gasteiger partial charge in [-0.3, -0.25) is 0 Å². The highest BCUT2D eigenvalue weighted by atomic mass is 79.9. The van der Waals surface area contributed by atoms with Gasteiger partial charge >= 0.3 is 0 Å². The maximum atomic E-state index is 13.1. The molecule has 0 unspecified atom stereocenters. The summed E-state index contributed by atoms with van der Waals surface area (Å²) in [5.74, 6) is -1.35. The fraction of sp³-hybridized carbons (Fsp3) is 0.250. The van der Waals surface area contributed by atoms with Crippen molar-refractivity contribution in [3.8, 4) is 5.75 Å². The molecule has 1 aromatic rings. The molecule has 13 heavy (non-hydrogen) atoms. The average molecular weight is 316 g/mol. The van der Waals surface area contributed by atoms with Gasteiger partial charge in [-0.05, 0) is 38.8 Å². The number of ether oxygens (including phenoxy) is 1. The fourth-order valence-electron chi connectivity index (χ4n) is 0.826. The summed E-state index contributed by atoms with van der Waals surface area (Å²) in [5, 5.41) is 0. The average Bonchev–Trinajstić information content (AvgIpc) is 2.09. The van der Waals surface area contributed by atoms with Gasteiger partial charge in [0, 0.05) is 6.07 Å². The molecule has 0 fully saturated rings. The minimum atomic E-state index is -0.713. The molecule has 0 bridgehead atoms. The van der Waals surface area contributed by atoms with E-state index in [1.54, 1.807) is 6.92 Å². The number of halogens is 4. The van der Waals surface area contributed by atoms with Crippen molar-refractivity contribution in [3.63, 3.8) is 0 Å². The molecule has 1 aromatic carbocycles. The van der Waals surface area contributed by atoms with E-state index >= 15 is 0 Å². The van der Waals surface area contributed by atoms with Gasteiger partial charge in [0.25, 0.3) is 0 Å². The second-order valence-corrected chi connectivity index (χ2v) is 3.82. The lowest BCUT2D eigenvalue weighted by molar-refractivity contribution is 0.317. The van der Waals surface area contributed by atoms with Crippen molar-refractivity contribution in [3.05, 3.63) is 26.6 Å². The molecule has 0 saturated carbocycles. The second-order valence-electron chi connectivity index (χ2n) is 2.23. The van der Waals surface area contributed by atoms with Gasteiger partial charge in [0.05, 0.1) is 15.6 Å². The lowest BCUT2D eigenvalue weighted by Crippen LogP contribution is -1.97.